The minimum atomic E-state index is -3.22. The quantitative estimate of drug-likeness (QED) is 0.854. The zero-order chi connectivity index (χ0) is 15.3. The van der Waals surface area contributed by atoms with Gasteiger partial charge in [0.1, 0.15) is 17.3 Å². The Morgan fingerprint density at radius 1 is 1.00 bits per heavy atom. The van der Waals surface area contributed by atoms with Gasteiger partial charge < -0.3 is 9.73 Å². The highest BCUT2D eigenvalue weighted by Crippen LogP contribution is 2.15. The zero-order valence-corrected chi connectivity index (χ0v) is 13.2. The van der Waals surface area contributed by atoms with Crippen LogP contribution in [0.1, 0.15) is 30.9 Å². The summed E-state index contributed by atoms with van der Waals surface area (Å²) in [6.07, 6.45) is 0. The van der Waals surface area contributed by atoms with Crippen molar-refractivity contribution in [2.75, 3.05) is 0 Å². The largest absolute Gasteiger partial charge is 0.464 e. The Kier molecular flexibility index (Phi) is 5.20. The Morgan fingerprint density at radius 2 is 1.67 bits per heavy atom. The smallest absolute Gasteiger partial charge is 0.161 e. The van der Waals surface area contributed by atoms with Crippen LogP contribution in [0.25, 0.3) is 0 Å². The maximum Gasteiger partial charge on any atom is 0.161 e. The van der Waals surface area contributed by atoms with E-state index in [9.17, 15) is 8.42 Å². The normalized spacial score (nSPS) is 12.0. The molecule has 0 aliphatic rings. The van der Waals surface area contributed by atoms with Crippen molar-refractivity contribution in [1.29, 1.82) is 0 Å². The van der Waals surface area contributed by atoms with Gasteiger partial charge in [-0.15, -0.1) is 0 Å². The Labute approximate surface area is 126 Å². The molecule has 0 spiro atoms. The fourth-order valence-corrected chi connectivity index (χ4v) is 3.39. The van der Waals surface area contributed by atoms with E-state index >= 15 is 0 Å². The van der Waals surface area contributed by atoms with Gasteiger partial charge in [0.25, 0.3) is 0 Å². The molecular formula is C16H21NO3S. The lowest BCUT2D eigenvalue weighted by Gasteiger charge is -2.05. The molecule has 2 rings (SSSR count). The second-order valence-corrected chi connectivity index (χ2v) is 7.49. The monoisotopic (exact) mass is 307 g/mol. The molecule has 1 heterocycles. The number of sulfone groups is 1. The number of nitrogens with one attached hydrogen (secondary N) is 1. The Morgan fingerprint density at radius 3 is 2.33 bits per heavy atom. The van der Waals surface area contributed by atoms with Gasteiger partial charge in [-0.25, -0.2) is 8.42 Å². The van der Waals surface area contributed by atoms with Crippen molar-refractivity contribution < 1.29 is 12.8 Å². The zero-order valence-electron chi connectivity index (χ0n) is 12.4. The average molecular weight is 307 g/mol. The van der Waals surface area contributed by atoms with Crippen LogP contribution in [0.4, 0.5) is 0 Å². The van der Waals surface area contributed by atoms with Crippen molar-refractivity contribution in [2.24, 2.45) is 0 Å². The van der Waals surface area contributed by atoms with Gasteiger partial charge in [-0.1, -0.05) is 44.2 Å². The summed E-state index contributed by atoms with van der Waals surface area (Å²) in [7, 11) is -3.22. The fraction of sp³-hybridized carbons (Fsp3) is 0.375. The van der Waals surface area contributed by atoms with E-state index in [-0.39, 0.29) is 11.5 Å². The number of furan rings is 1. The fourth-order valence-electron chi connectivity index (χ4n) is 2.00. The molecule has 0 radical (unpaired) electrons. The van der Waals surface area contributed by atoms with Crippen molar-refractivity contribution in [3.8, 4) is 0 Å². The summed E-state index contributed by atoms with van der Waals surface area (Å²) in [6, 6.07) is 13.1. The van der Waals surface area contributed by atoms with E-state index in [1.807, 2.05) is 50.2 Å². The molecule has 2 aromatic rings. The molecular weight excluding hydrogens is 286 g/mol. The van der Waals surface area contributed by atoms with Gasteiger partial charge >= 0.3 is 0 Å². The maximum atomic E-state index is 12.2. The van der Waals surface area contributed by atoms with Crippen molar-refractivity contribution >= 4 is 9.84 Å². The van der Waals surface area contributed by atoms with Gasteiger partial charge in [-0.05, 0) is 17.7 Å². The molecule has 0 aliphatic carbocycles. The van der Waals surface area contributed by atoms with Gasteiger partial charge in [-0.3, -0.25) is 0 Å². The van der Waals surface area contributed by atoms with Crippen LogP contribution in [0.2, 0.25) is 0 Å². The summed E-state index contributed by atoms with van der Waals surface area (Å²) in [5, 5.41) is 3.23. The molecule has 1 aromatic heterocycles. The first-order chi connectivity index (χ1) is 9.94. The molecule has 0 atom stereocenters. The molecule has 0 aliphatic heterocycles. The number of benzene rings is 1. The first-order valence-corrected chi connectivity index (χ1v) is 8.82. The third-order valence-corrected chi connectivity index (χ3v) is 4.49. The van der Waals surface area contributed by atoms with Gasteiger partial charge in [0.05, 0.1) is 12.3 Å². The van der Waals surface area contributed by atoms with Crippen molar-refractivity contribution in [1.82, 2.24) is 5.32 Å². The number of hydrogen-bond acceptors (Lipinski definition) is 4. The lowest BCUT2D eigenvalue weighted by Crippen LogP contribution is -2.21. The number of rotatable bonds is 7. The lowest BCUT2D eigenvalue weighted by atomic mass is 10.2. The molecule has 0 fully saturated rings. The minimum absolute atomic E-state index is 0.0358. The van der Waals surface area contributed by atoms with E-state index in [2.05, 4.69) is 5.32 Å². The van der Waals surface area contributed by atoms with Crippen LogP contribution in [0.15, 0.2) is 46.9 Å². The van der Waals surface area contributed by atoms with Gasteiger partial charge in [0.2, 0.25) is 0 Å². The van der Waals surface area contributed by atoms with Crippen LogP contribution < -0.4 is 5.32 Å². The van der Waals surface area contributed by atoms with E-state index in [0.29, 0.717) is 18.3 Å². The number of hydrogen-bond donors (Lipinski definition) is 1. The predicted octanol–water partition coefficient (Wildman–Crippen LogP) is 2.89. The van der Waals surface area contributed by atoms with Crippen LogP contribution in [0.3, 0.4) is 0 Å². The third kappa shape index (κ3) is 5.36. The standard InChI is InChI=1S/C16H21NO3S/c1-13(2)17-10-15-8-9-16(20-15)12-21(18,19)11-14-6-4-3-5-7-14/h3-9,13,17H,10-12H2,1-2H3. The van der Waals surface area contributed by atoms with Gasteiger partial charge in [0.15, 0.2) is 9.84 Å². The van der Waals surface area contributed by atoms with Crippen LogP contribution in [0, 0.1) is 0 Å². The summed E-state index contributed by atoms with van der Waals surface area (Å²) in [4.78, 5) is 0. The molecule has 114 valence electrons. The summed E-state index contributed by atoms with van der Waals surface area (Å²) < 4.78 is 29.9. The highest BCUT2D eigenvalue weighted by Gasteiger charge is 2.15. The first-order valence-electron chi connectivity index (χ1n) is 7.00. The molecule has 4 nitrogen and oxygen atoms in total. The molecule has 1 aromatic carbocycles. The van der Waals surface area contributed by atoms with Crippen LogP contribution in [0.5, 0.6) is 0 Å². The summed E-state index contributed by atoms with van der Waals surface area (Å²) in [5.74, 6) is 1.22. The molecule has 1 N–H and O–H groups in total. The first kappa shape index (κ1) is 15.8. The topological polar surface area (TPSA) is 59.3 Å². The Bertz CT molecular complexity index is 660. The van der Waals surface area contributed by atoms with E-state index < -0.39 is 9.84 Å². The SMILES string of the molecule is CC(C)NCc1ccc(CS(=O)(=O)Cc2ccccc2)o1. The third-order valence-electron chi connectivity index (χ3n) is 2.99. The van der Waals surface area contributed by atoms with E-state index in [0.717, 1.165) is 11.3 Å². The molecule has 21 heavy (non-hydrogen) atoms. The summed E-state index contributed by atoms with van der Waals surface area (Å²) in [6.45, 7) is 4.71. The van der Waals surface area contributed by atoms with Gasteiger partial charge in [0, 0.05) is 6.04 Å². The molecule has 0 amide bonds. The second kappa shape index (κ2) is 6.91. The van der Waals surface area contributed by atoms with E-state index in [4.69, 9.17) is 4.42 Å². The van der Waals surface area contributed by atoms with Crippen molar-refractivity contribution in [2.45, 2.75) is 37.9 Å². The minimum Gasteiger partial charge on any atom is -0.464 e. The van der Waals surface area contributed by atoms with Gasteiger partial charge in [-0.2, -0.15) is 0 Å². The summed E-state index contributed by atoms with van der Waals surface area (Å²) in [5.41, 5.74) is 0.797. The van der Waals surface area contributed by atoms with E-state index in [1.54, 1.807) is 6.07 Å². The molecule has 0 saturated carbocycles. The predicted molar refractivity (Wildman–Crippen MR) is 83.5 cm³/mol. The highest BCUT2D eigenvalue weighted by atomic mass is 32.2. The van der Waals surface area contributed by atoms with Crippen LogP contribution >= 0.6 is 0 Å². The average Bonchev–Trinajstić information content (AvgIpc) is 2.83. The molecule has 0 saturated heterocycles. The second-order valence-electron chi connectivity index (χ2n) is 5.42. The molecule has 0 unspecified atom stereocenters. The Balaban J connectivity index is 1.97. The Hall–Kier alpha value is -1.59. The van der Waals surface area contributed by atoms with Crippen LogP contribution in [-0.2, 0) is 27.9 Å². The molecule has 0 bridgehead atoms. The van der Waals surface area contributed by atoms with E-state index in [1.165, 1.54) is 0 Å². The van der Waals surface area contributed by atoms with Crippen molar-refractivity contribution in [3.05, 3.63) is 59.5 Å². The summed E-state index contributed by atoms with van der Waals surface area (Å²) >= 11 is 0. The maximum absolute atomic E-state index is 12.2. The lowest BCUT2D eigenvalue weighted by molar-refractivity contribution is 0.443. The highest BCUT2D eigenvalue weighted by molar-refractivity contribution is 7.89. The van der Waals surface area contributed by atoms with Crippen molar-refractivity contribution in [3.63, 3.8) is 0 Å². The van der Waals surface area contributed by atoms with Crippen LogP contribution in [-0.4, -0.2) is 14.5 Å². The molecule has 5 heteroatoms.